The molecule has 1 aliphatic carbocycles. The van der Waals surface area contributed by atoms with E-state index in [1.54, 1.807) is 49.6 Å². The second kappa shape index (κ2) is 15.3. The molecule has 1 saturated carbocycles. The fourth-order valence-electron chi connectivity index (χ4n) is 6.04. The first kappa shape index (κ1) is 33.7. The van der Waals surface area contributed by atoms with Crippen molar-refractivity contribution in [2.75, 3.05) is 18.0 Å². The number of rotatable bonds is 13. The summed E-state index contributed by atoms with van der Waals surface area (Å²) in [7, 11) is -2.58. The molecule has 1 fully saturated rings. The van der Waals surface area contributed by atoms with Gasteiger partial charge in [-0.3, -0.25) is 13.9 Å². The summed E-state index contributed by atoms with van der Waals surface area (Å²) < 4.78 is 35.1. The van der Waals surface area contributed by atoms with Gasteiger partial charge in [-0.2, -0.15) is 0 Å². The smallest absolute Gasteiger partial charge is 0.264 e. The van der Waals surface area contributed by atoms with E-state index in [1.165, 1.54) is 4.90 Å². The van der Waals surface area contributed by atoms with Crippen LogP contribution < -0.4 is 14.4 Å². The third-order valence-corrected chi connectivity index (χ3v) is 10.4. The molecule has 1 N–H and O–H groups in total. The standard InChI is InChI=1S/C38H43N3O5S/c1-28-19-21-35(22-20-28)47(44,45)41(33-17-9-11-29(2)23-33)27-37(42)40(26-31-14-10-18-34(24-31)46-3)36(25-30-12-5-4-6-13-30)38(43)39-32-15-7-8-16-32/h4-6,9-14,17-24,32,36H,7-8,15-16,25-27H2,1-3H3,(H,39,43)/t36-/m1/s1. The van der Waals surface area contributed by atoms with Gasteiger partial charge in [-0.05, 0) is 79.8 Å². The van der Waals surface area contributed by atoms with Gasteiger partial charge in [0.2, 0.25) is 11.8 Å². The maximum atomic E-state index is 14.7. The normalized spacial score (nSPS) is 13.9. The number of methoxy groups -OCH3 is 1. The Morgan fingerprint density at radius 3 is 2.19 bits per heavy atom. The summed E-state index contributed by atoms with van der Waals surface area (Å²) in [5.74, 6) is -0.124. The molecular weight excluding hydrogens is 611 g/mol. The van der Waals surface area contributed by atoms with Crippen molar-refractivity contribution < 1.29 is 22.7 Å². The van der Waals surface area contributed by atoms with Gasteiger partial charge >= 0.3 is 0 Å². The molecule has 0 aliphatic heterocycles. The largest absolute Gasteiger partial charge is 0.497 e. The fourth-order valence-corrected chi connectivity index (χ4v) is 7.44. The molecule has 8 nitrogen and oxygen atoms in total. The van der Waals surface area contributed by atoms with E-state index >= 15 is 0 Å². The Bertz CT molecular complexity index is 1770. The number of hydrogen-bond acceptors (Lipinski definition) is 5. The lowest BCUT2D eigenvalue weighted by Crippen LogP contribution is -2.54. The summed E-state index contributed by atoms with van der Waals surface area (Å²) in [4.78, 5) is 30.4. The number of anilines is 1. The molecular formula is C38H43N3O5S. The van der Waals surface area contributed by atoms with E-state index in [9.17, 15) is 18.0 Å². The van der Waals surface area contributed by atoms with E-state index in [2.05, 4.69) is 5.32 Å². The number of sulfonamides is 1. The molecule has 0 spiro atoms. The molecule has 1 aliphatic rings. The third-order valence-electron chi connectivity index (χ3n) is 8.64. The molecule has 1 atom stereocenters. The molecule has 5 rings (SSSR count). The van der Waals surface area contributed by atoms with Gasteiger partial charge in [0, 0.05) is 19.0 Å². The summed E-state index contributed by atoms with van der Waals surface area (Å²) in [5, 5.41) is 3.21. The molecule has 4 aromatic carbocycles. The molecule has 47 heavy (non-hydrogen) atoms. The maximum Gasteiger partial charge on any atom is 0.264 e. The number of aryl methyl sites for hydroxylation is 2. The third kappa shape index (κ3) is 8.60. The molecule has 0 saturated heterocycles. The topological polar surface area (TPSA) is 96.0 Å². The summed E-state index contributed by atoms with van der Waals surface area (Å²) in [6.45, 7) is 3.35. The number of carbonyl (C=O) groups excluding carboxylic acids is 2. The minimum Gasteiger partial charge on any atom is -0.497 e. The molecule has 0 aromatic heterocycles. The lowest BCUT2D eigenvalue weighted by molar-refractivity contribution is -0.140. The number of ether oxygens (including phenoxy) is 1. The van der Waals surface area contributed by atoms with E-state index in [1.807, 2.05) is 74.5 Å². The Balaban J connectivity index is 1.57. The first-order chi connectivity index (χ1) is 22.6. The zero-order valence-corrected chi connectivity index (χ0v) is 28.1. The Morgan fingerprint density at radius 2 is 1.51 bits per heavy atom. The van der Waals surface area contributed by atoms with Crippen molar-refractivity contribution in [2.24, 2.45) is 0 Å². The first-order valence-electron chi connectivity index (χ1n) is 16.1. The zero-order chi connectivity index (χ0) is 33.4. The van der Waals surface area contributed by atoms with Crippen LogP contribution in [0.3, 0.4) is 0 Å². The van der Waals surface area contributed by atoms with Gasteiger partial charge < -0.3 is 15.0 Å². The van der Waals surface area contributed by atoms with Crippen molar-refractivity contribution in [3.63, 3.8) is 0 Å². The van der Waals surface area contributed by atoms with Gasteiger partial charge in [0.05, 0.1) is 17.7 Å². The van der Waals surface area contributed by atoms with Crippen molar-refractivity contribution >= 4 is 27.5 Å². The summed E-state index contributed by atoms with van der Waals surface area (Å²) in [6.07, 6.45) is 4.14. The number of nitrogens with one attached hydrogen (secondary N) is 1. The van der Waals surface area contributed by atoms with Gasteiger partial charge in [0.1, 0.15) is 18.3 Å². The highest BCUT2D eigenvalue weighted by Crippen LogP contribution is 2.27. The molecule has 9 heteroatoms. The quantitative estimate of drug-likeness (QED) is 0.185. The molecule has 0 radical (unpaired) electrons. The SMILES string of the molecule is COc1cccc(CN(C(=O)CN(c2cccc(C)c2)S(=O)(=O)c2ccc(C)cc2)[C@H](Cc2ccccc2)C(=O)NC2CCCC2)c1. The molecule has 2 amide bonds. The minimum absolute atomic E-state index is 0.0419. The highest BCUT2D eigenvalue weighted by molar-refractivity contribution is 7.92. The van der Waals surface area contributed by atoms with Crippen molar-refractivity contribution in [2.45, 2.75) is 69.5 Å². The predicted molar refractivity (Wildman–Crippen MR) is 185 cm³/mol. The van der Waals surface area contributed by atoms with Crippen LogP contribution in [0.2, 0.25) is 0 Å². The lowest BCUT2D eigenvalue weighted by Gasteiger charge is -2.34. The van der Waals surface area contributed by atoms with Crippen molar-refractivity contribution in [3.05, 3.63) is 125 Å². The van der Waals surface area contributed by atoms with Crippen molar-refractivity contribution in [3.8, 4) is 5.75 Å². The van der Waals surface area contributed by atoms with Crippen molar-refractivity contribution in [1.82, 2.24) is 10.2 Å². The number of benzene rings is 4. The molecule has 246 valence electrons. The lowest BCUT2D eigenvalue weighted by atomic mass is 10.0. The van der Waals surface area contributed by atoms with Crippen molar-refractivity contribution in [1.29, 1.82) is 0 Å². The molecule has 4 aromatic rings. The predicted octanol–water partition coefficient (Wildman–Crippen LogP) is 6.21. The molecule has 0 bridgehead atoms. The maximum absolute atomic E-state index is 14.7. The number of nitrogens with zero attached hydrogens (tertiary/aromatic N) is 2. The van der Waals surface area contributed by atoms with E-state index in [0.717, 1.165) is 52.2 Å². The van der Waals surface area contributed by atoms with Crippen LogP contribution in [0.1, 0.15) is 47.9 Å². The number of hydrogen-bond donors (Lipinski definition) is 1. The van der Waals surface area contributed by atoms with E-state index in [0.29, 0.717) is 11.4 Å². The Morgan fingerprint density at radius 1 is 0.830 bits per heavy atom. The monoisotopic (exact) mass is 653 g/mol. The molecule has 0 unspecified atom stereocenters. The van der Waals surface area contributed by atoms with Crippen LogP contribution in [-0.2, 0) is 32.6 Å². The van der Waals surface area contributed by atoms with E-state index < -0.39 is 28.5 Å². The fraction of sp³-hybridized carbons (Fsp3) is 0.316. The van der Waals surface area contributed by atoms with Crippen LogP contribution in [-0.4, -0.2) is 50.9 Å². The Kier molecular flexibility index (Phi) is 11.0. The second-order valence-corrected chi connectivity index (χ2v) is 14.1. The average Bonchev–Trinajstić information content (AvgIpc) is 3.59. The van der Waals surface area contributed by atoms with Gasteiger partial charge in [-0.1, -0.05) is 85.1 Å². The minimum atomic E-state index is -4.16. The number of amides is 2. The summed E-state index contributed by atoms with van der Waals surface area (Å²) >= 11 is 0. The summed E-state index contributed by atoms with van der Waals surface area (Å²) in [5.41, 5.74) is 3.79. The Labute approximate surface area is 278 Å². The van der Waals surface area contributed by atoms with Gasteiger partial charge in [0.15, 0.2) is 0 Å². The second-order valence-electron chi connectivity index (χ2n) is 12.2. The van der Waals surface area contributed by atoms with E-state index in [4.69, 9.17) is 4.74 Å². The molecule has 0 heterocycles. The van der Waals surface area contributed by atoms with Gasteiger partial charge in [-0.15, -0.1) is 0 Å². The van der Waals surface area contributed by atoms with Crippen LogP contribution in [0.5, 0.6) is 5.75 Å². The number of carbonyl (C=O) groups is 2. The van der Waals surface area contributed by atoms with Gasteiger partial charge in [-0.25, -0.2) is 8.42 Å². The van der Waals surface area contributed by atoms with Crippen LogP contribution in [0.15, 0.2) is 108 Å². The highest BCUT2D eigenvalue weighted by Gasteiger charge is 2.35. The van der Waals surface area contributed by atoms with Crippen LogP contribution in [0.25, 0.3) is 0 Å². The van der Waals surface area contributed by atoms with Gasteiger partial charge in [0.25, 0.3) is 10.0 Å². The zero-order valence-electron chi connectivity index (χ0n) is 27.3. The van der Waals surface area contributed by atoms with Crippen LogP contribution in [0, 0.1) is 13.8 Å². The Hall–Kier alpha value is -4.63. The first-order valence-corrected chi connectivity index (χ1v) is 17.5. The highest BCUT2D eigenvalue weighted by atomic mass is 32.2. The van der Waals surface area contributed by atoms with Crippen LogP contribution in [0.4, 0.5) is 5.69 Å². The summed E-state index contributed by atoms with van der Waals surface area (Å²) in [6, 6.07) is 29.8. The average molecular weight is 654 g/mol. The van der Waals surface area contributed by atoms with E-state index in [-0.39, 0.29) is 29.8 Å². The van der Waals surface area contributed by atoms with Crippen LogP contribution >= 0.6 is 0 Å².